The fraction of sp³-hybridized carbons (Fsp3) is 0.278. The van der Waals surface area contributed by atoms with Crippen molar-refractivity contribution >= 4 is 5.91 Å². The second kappa shape index (κ2) is 7.27. The van der Waals surface area contributed by atoms with Crippen LogP contribution in [0.1, 0.15) is 27.0 Å². The van der Waals surface area contributed by atoms with Crippen LogP contribution >= 0.6 is 0 Å². The number of amides is 1. The van der Waals surface area contributed by atoms with Crippen LogP contribution in [0.4, 0.5) is 26.3 Å². The summed E-state index contributed by atoms with van der Waals surface area (Å²) < 4.78 is 83.0. The summed E-state index contributed by atoms with van der Waals surface area (Å²) in [5.74, 6) is -0.847. The van der Waals surface area contributed by atoms with Gasteiger partial charge in [0, 0.05) is 17.8 Å². The van der Waals surface area contributed by atoms with Crippen molar-refractivity contribution in [1.82, 2.24) is 9.88 Å². The summed E-state index contributed by atoms with van der Waals surface area (Å²) in [6, 6.07) is 5.46. The van der Waals surface area contributed by atoms with Gasteiger partial charge in [-0.3, -0.25) is 4.79 Å². The molecule has 0 aliphatic carbocycles. The lowest BCUT2D eigenvalue weighted by atomic mass is 10.0. The lowest BCUT2D eigenvalue weighted by Gasteiger charge is -2.38. The molecule has 1 aromatic carbocycles. The van der Waals surface area contributed by atoms with Crippen LogP contribution in [0.3, 0.4) is 0 Å². The maximum atomic E-state index is 12.9. The van der Waals surface area contributed by atoms with E-state index in [1.54, 1.807) is 0 Å². The van der Waals surface area contributed by atoms with Gasteiger partial charge < -0.3 is 9.64 Å². The van der Waals surface area contributed by atoms with Gasteiger partial charge in [-0.25, -0.2) is 4.98 Å². The summed E-state index contributed by atoms with van der Waals surface area (Å²) in [5.41, 5.74) is -3.52. The maximum absolute atomic E-state index is 12.9. The molecule has 0 atom stereocenters. The number of likely N-dealkylation sites (tertiary alicyclic amines) is 1. The van der Waals surface area contributed by atoms with E-state index in [1.165, 1.54) is 18.3 Å². The summed E-state index contributed by atoms with van der Waals surface area (Å²) in [4.78, 5) is 17.3. The lowest BCUT2D eigenvalue weighted by molar-refractivity contribution is -0.143. The Bertz CT molecular complexity index is 943. The van der Waals surface area contributed by atoms with Gasteiger partial charge in [-0.05, 0) is 24.3 Å². The first-order valence-corrected chi connectivity index (χ1v) is 8.09. The van der Waals surface area contributed by atoms with Crippen LogP contribution in [0.2, 0.25) is 0 Å². The number of carbonyl (C=O) groups is 1. The Kier molecular flexibility index (Phi) is 5.13. The molecule has 0 spiro atoms. The third-order valence-electron chi connectivity index (χ3n) is 4.12. The highest BCUT2D eigenvalue weighted by atomic mass is 19.4. The SMILES string of the molecule is N#Cc1ccnc(OC2CN(C(=O)c3cc(C(F)(F)F)cc(C(F)(F)F)c3)C2)c1. The first kappa shape index (κ1) is 20.4. The molecule has 11 heteroatoms. The van der Waals surface area contributed by atoms with Crippen molar-refractivity contribution in [2.75, 3.05) is 13.1 Å². The molecule has 1 amide bonds. The maximum Gasteiger partial charge on any atom is 0.416 e. The third-order valence-corrected chi connectivity index (χ3v) is 4.12. The van der Waals surface area contributed by atoms with E-state index in [4.69, 9.17) is 10.00 Å². The van der Waals surface area contributed by atoms with Crippen LogP contribution in [0.5, 0.6) is 5.88 Å². The largest absolute Gasteiger partial charge is 0.471 e. The lowest BCUT2D eigenvalue weighted by Crippen LogP contribution is -2.56. The third kappa shape index (κ3) is 4.59. The average molecular weight is 415 g/mol. The molecule has 1 aromatic heterocycles. The normalized spacial score (nSPS) is 14.9. The van der Waals surface area contributed by atoms with Crippen molar-refractivity contribution < 1.29 is 35.9 Å². The van der Waals surface area contributed by atoms with Crippen LogP contribution in [-0.4, -0.2) is 35.0 Å². The quantitative estimate of drug-likeness (QED) is 0.714. The minimum Gasteiger partial charge on any atom is -0.471 e. The Morgan fingerprint density at radius 1 is 1.07 bits per heavy atom. The molecule has 0 unspecified atom stereocenters. The zero-order valence-corrected chi connectivity index (χ0v) is 14.4. The van der Waals surface area contributed by atoms with Crippen LogP contribution in [0, 0.1) is 11.3 Å². The highest BCUT2D eigenvalue weighted by Gasteiger charge is 2.39. The van der Waals surface area contributed by atoms with E-state index in [0.717, 1.165) is 4.90 Å². The van der Waals surface area contributed by atoms with Gasteiger partial charge in [0.15, 0.2) is 0 Å². The zero-order chi connectivity index (χ0) is 21.4. The molecule has 29 heavy (non-hydrogen) atoms. The molecule has 1 aliphatic rings. The first-order valence-electron chi connectivity index (χ1n) is 8.09. The van der Waals surface area contributed by atoms with Crippen molar-refractivity contribution in [3.8, 4) is 11.9 Å². The van der Waals surface area contributed by atoms with E-state index in [2.05, 4.69) is 4.98 Å². The van der Waals surface area contributed by atoms with Crippen molar-refractivity contribution in [3.05, 3.63) is 58.8 Å². The molecule has 2 aromatic rings. The number of carbonyl (C=O) groups excluding carboxylic acids is 1. The fourth-order valence-corrected chi connectivity index (χ4v) is 2.65. The molecule has 5 nitrogen and oxygen atoms in total. The standard InChI is InChI=1S/C18H11F6N3O2/c19-17(20,21)12-4-11(5-13(6-12)18(22,23)24)16(28)27-8-14(9-27)29-15-3-10(7-25)1-2-26-15/h1-6,14H,8-9H2. The monoisotopic (exact) mass is 415 g/mol. The first-order chi connectivity index (χ1) is 13.5. The van der Waals surface area contributed by atoms with Crippen molar-refractivity contribution in [3.63, 3.8) is 0 Å². The van der Waals surface area contributed by atoms with Crippen LogP contribution in [0.15, 0.2) is 36.5 Å². The van der Waals surface area contributed by atoms with E-state index in [0.29, 0.717) is 17.7 Å². The molecule has 1 saturated heterocycles. The number of hydrogen-bond donors (Lipinski definition) is 0. The number of rotatable bonds is 3. The predicted molar refractivity (Wildman–Crippen MR) is 85.7 cm³/mol. The number of pyridine rings is 1. The van der Waals surface area contributed by atoms with Gasteiger partial charge in [0.05, 0.1) is 35.8 Å². The Balaban J connectivity index is 1.74. The molecule has 2 heterocycles. The topological polar surface area (TPSA) is 66.2 Å². The van der Waals surface area contributed by atoms with Crippen molar-refractivity contribution in [1.29, 1.82) is 5.26 Å². The molecular weight excluding hydrogens is 404 g/mol. The summed E-state index contributed by atoms with van der Waals surface area (Å²) >= 11 is 0. The van der Waals surface area contributed by atoms with Crippen LogP contribution in [0.25, 0.3) is 0 Å². The molecule has 1 aliphatic heterocycles. The van der Waals surface area contributed by atoms with Gasteiger partial charge in [0.25, 0.3) is 5.91 Å². The summed E-state index contributed by atoms with van der Waals surface area (Å²) in [6.07, 6.45) is -9.27. The van der Waals surface area contributed by atoms with Crippen LogP contribution < -0.4 is 4.74 Å². The van der Waals surface area contributed by atoms with Crippen molar-refractivity contribution in [2.24, 2.45) is 0 Å². The molecular formula is C18H11F6N3O2. The summed E-state index contributed by atoms with van der Waals surface area (Å²) in [5, 5.41) is 8.82. The second-order valence-electron chi connectivity index (χ2n) is 6.24. The zero-order valence-electron chi connectivity index (χ0n) is 14.4. The molecule has 0 radical (unpaired) electrons. The average Bonchev–Trinajstić information content (AvgIpc) is 2.62. The predicted octanol–water partition coefficient (Wildman–Crippen LogP) is 3.89. The Labute approximate surface area is 160 Å². The highest BCUT2D eigenvalue weighted by Crippen LogP contribution is 2.36. The molecule has 1 fully saturated rings. The van der Waals surface area contributed by atoms with Crippen molar-refractivity contribution in [2.45, 2.75) is 18.5 Å². The number of alkyl halides is 6. The van der Waals surface area contributed by atoms with Gasteiger partial charge in [-0.2, -0.15) is 31.6 Å². The van der Waals surface area contributed by atoms with Gasteiger partial charge in [0.2, 0.25) is 5.88 Å². The van der Waals surface area contributed by atoms with Gasteiger partial charge in [0.1, 0.15) is 6.10 Å². The minimum atomic E-state index is -5.03. The molecule has 0 saturated carbocycles. The van der Waals surface area contributed by atoms with E-state index in [9.17, 15) is 31.1 Å². The van der Waals surface area contributed by atoms with E-state index in [-0.39, 0.29) is 25.0 Å². The number of benzene rings is 1. The number of aromatic nitrogens is 1. The van der Waals surface area contributed by atoms with Crippen LogP contribution in [-0.2, 0) is 12.4 Å². The number of hydrogen-bond acceptors (Lipinski definition) is 4. The highest BCUT2D eigenvalue weighted by molar-refractivity contribution is 5.95. The van der Waals surface area contributed by atoms with Gasteiger partial charge >= 0.3 is 12.4 Å². The number of ether oxygens (including phenoxy) is 1. The van der Waals surface area contributed by atoms with Gasteiger partial charge in [-0.15, -0.1) is 0 Å². The Morgan fingerprint density at radius 2 is 1.66 bits per heavy atom. The number of nitriles is 1. The van der Waals surface area contributed by atoms with E-state index >= 15 is 0 Å². The van der Waals surface area contributed by atoms with E-state index in [1.807, 2.05) is 6.07 Å². The second-order valence-corrected chi connectivity index (χ2v) is 6.24. The minimum absolute atomic E-state index is 0.0351. The molecule has 0 N–H and O–H groups in total. The number of halogens is 6. The number of nitrogens with zero attached hydrogens (tertiary/aromatic N) is 3. The Hall–Kier alpha value is -3.29. The van der Waals surface area contributed by atoms with E-state index < -0.39 is 41.1 Å². The summed E-state index contributed by atoms with van der Waals surface area (Å²) in [7, 11) is 0. The van der Waals surface area contributed by atoms with Gasteiger partial charge in [-0.1, -0.05) is 0 Å². The molecule has 3 rings (SSSR count). The Morgan fingerprint density at radius 3 is 2.17 bits per heavy atom. The molecule has 0 bridgehead atoms. The molecule has 152 valence electrons. The fourth-order valence-electron chi connectivity index (χ4n) is 2.65. The smallest absolute Gasteiger partial charge is 0.416 e. The summed E-state index contributed by atoms with van der Waals surface area (Å²) in [6.45, 7) is -0.0935.